The molecule has 0 bridgehead atoms. The van der Waals surface area contributed by atoms with E-state index in [1.54, 1.807) is 0 Å². The van der Waals surface area contributed by atoms with Gasteiger partial charge < -0.3 is 25.2 Å². The van der Waals surface area contributed by atoms with E-state index in [4.69, 9.17) is 19.8 Å². The van der Waals surface area contributed by atoms with E-state index in [2.05, 4.69) is 10.1 Å². The molecule has 1 aliphatic heterocycles. The molecule has 1 heterocycles. The summed E-state index contributed by atoms with van der Waals surface area (Å²) in [4.78, 5) is 20.2. The number of aliphatic carboxylic acids is 2. The van der Waals surface area contributed by atoms with Gasteiger partial charge in [-0.15, -0.1) is 0 Å². The van der Waals surface area contributed by atoms with E-state index in [1.807, 2.05) is 11.8 Å². The van der Waals surface area contributed by atoms with Gasteiger partial charge in [0.25, 0.3) is 0 Å². The molecule has 3 atom stereocenters. The molecule has 1 saturated heterocycles. The number of rotatable bonds is 3. The molecule has 0 spiro atoms. The van der Waals surface area contributed by atoms with Gasteiger partial charge in [-0.05, 0) is 19.8 Å². The fourth-order valence-corrected chi connectivity index (χ4v) is 3.74. The minimum atomic E-state index is -3.26. The van der Waals surface area contributed by atoms with Gasteiger partial charge in [0.15, 0.2) is 17.4 Å². The van der Waals surface area contributed by atoms with Crippen LogP contribution in [-0.4, -0.2) is 53.4 Å². The number of ether oxygens (including phenoxy) is 1. The van der Waals surface area contributed by atoms with Gasteiger partial charge in [-0.3, -0.25) is 0 Å². The Morgan fingerprint density at radius 1 is 1.14 bits per heavy atom. The molecule has 2 fully saturated rings. The Morgan fingerprint density at radius 3 is 2.21 bits per heavy atom. The smallest absolute Gasteiger partial charge is 0.414 e. The molecule has 2 aliphatic rings. The molecule has 162 valence electrons. The van der Waals surface area contributed by atoms with Crippen molar-refractivity contribution in [3.05, 3.63) is 23.8 Å². The first-order valence-electron chi connectivity index (χ1n) is 9.03. The standard InChI is InChI=1S/C16H20F4N2O.C2H2O4/c1-9-8-22(14-5-3-2-4-13(14)21-9)10-6-11(17)15(12(18)7-10)23-16(19)20;3-1(4)2(5)6/h6-7,9,13-14,16,21H,2-5,8H2,1H3;(H,3,4)(H,5,6)/t9-,13+,14+;/m1./s1. The highest BCUT2D eigenvalue weighted by molar-refractivity contribution is 6.27. The van der Waals surface area contributed by atoms with Gasteiger partial charge in [0.1, 0.15) is 0 Å². The van der Waals surface area contributed by atoms with Gasteiger partial charge in [0.05, 0.1) is 0 Å². The number of halogens is 4. The van der Waals surface area contributed by atoms with Crippen molar-refractivity contribution in [1.29, 1.82) is 0 Å². The van der Waals surface area contributed by atoms with Crippen molar-refractivity contribution in [2.75, 3.05) is 11.4 Å². The highest BCUT2D eigenvalue weighted by atomic mass is 19.3. The lowest BCUT2D eigenvalue weighted by Gasteiger charge is -2.48. The highest BCUT2D eigenvalue weighted by Crippen LogP contribution is 2.34. The van der Waals surface area contributed by atoms with Crippen molar-refractivity contribution in [3.8, 4) is 5.75 Å². The molecule has 1 aromatic carbocycles. The lowest BCUT2D eigenvalue weighted by atomic mass is 9.86. The van der Waals surface area contributed by atoms with Crippen LogP contribution in [0.4, 0.5) is 23.2 Å². The fourth-order valence-electron chi connectivity index (χ4n) is 3.74. The number of benzene rings is 1. The maximum atomic E-state index is 14.0. The summed E-state index contributed by atoms with van der Waals surface area (Å²) in [6.45, 7) is -0.611. The molecular weight excluding hydrogens is 400 g/mol. The molecule has 1 saturated carbocycles. The zero-order valence-corrected chi connectivity index (χ0v) is 15.6. The molecule has 0 amide bonds. The number of carbonyl (C=O) groups is 2. The third-order valence-electron chi connectivity index (χ3n) is 4.80. The number of hydrogen-bond donors (Lipinski definition) is 3. The zero-order chi connectivity index (χ0) is 21.7. The first kappa shape index (κ1) is 22.7. The Hall–Kier alpha value is -2.56. The topological polar surface area (TPSA) is 99.1 Å². The van der Waals surface area contributed by atoms with Gasteiger partial charge in [-0.1, -0.05) is 12.8 Å². The van der Waals surface area contributed by atoms with Gasteiger partial charge >= 0.3 is 18.6 Å². The highest BCUT2D eigenvalue weighted by Gasteiger charge is 2.36. The molecule has 11 heteroatoms. The molecular formula is C18H22F4N2O5. The van der Waals surface area contributed by atoms with Gasteiger partial charge in [0, 0.05) is 42.5 Å². The molecule has 1 aromatic rings. The number of hydrogen-bond acceptors (Lipinski definition) is 5. The average molecular weight is 422 g/mol. The number of nitrogens with zero attached hydrogens (tertiary/aromatic N) is 1. The zero-order valence-electron chi connectivity index (χ0n) is 15.6. The Kier molecular flexibility index (Phi) is 7.66. The van der Waals surface area contributed by atoms with Crippen molar-refractivity contribution < 1.29 is 42.1 Å². The molecule has 0 radical (unpaired) electrons. The van der Waals surface area contributed by atoms with E-state index in [9.17, 15) is 17.6 Å². The van der Waals surface area contributed by atoms with E-state index in [0.29, 0.717) is 12.2 Å². The van der Waals surface area contributed by atoms with Crippen molar-refractivity contribution in [1.82, 2.24) is 5.32 Å². The van der Waals surface area contributed by atoms with Crippen molar-refractivity contribution >= 4 is 17.6 Å². The molecule has 1 aliphatic carbocycles. The number of anilines is 1. The summed E-state index contributed by atoms with van der Waals surface area (Å²) in [5, 5.41) is 18.3. The van der Waals surface area contributed by atoms with Crippen molar-refractivity contribution in [2.45, 2.75) is 57.3 Å². The number of fused-ring (bicyclic) bond motifs is 1. The molecule has 0 unspecified atom stereocenters. The third-order valence-corrected chi connectivity index (χ3v) is 4.80. The second-order valence-corrected chi connectivity index (χ2v) is 6.91. The van der Waals surface area contributed by atoms with E-state index in [0.717, 1.165) is 37.8 Å². The van der Waals surface area contributed by atoms with Crippen LogP contribution in [-0.2, 0) is 9.59 Å². The van der Waals surface area contributed by atoms with Crippen LogP contribution >= 0.6 is 0 Å². The summed E-state index contributed by atoms with van der Waals surface area (Å²) in [6.07, 6.45) is 4.19. The maximum Gasteiger partial charge on any atom is 0.414 e. The van der Waals surface area contributed by atoms with Gasteiger partial charge in [-0.25, -0.2) is 18.4 Å². The largest absolute Gasteiger partial charge is 0.473 e. The molecule has 3 rings (SSSR count). The quantitative estimate of drug-likeness (QED) is 0.509. The Morgan fingerprint density at radius 2 is 1.69 bits per heavy atom. The summed E-state index contributed by atoms with van der Waals surface area (Å²) >= 11 is 0. The number of carboxylic acids is 2. The maximum absolute atomic E-state index is 14.0. The van der Waals surface area contributed by atoms with Crippen LogP contribution in [0.5, 0.6) is 5.75 Å². The Balaban J connectivity index is 0.000000438. The van der Waals surface area contributed by atoms with Crippen LogP contribution < -0.4 is 15.0 Å². The van der Waals surface area contributed by atoms with Crippen LogP contribution in [0.1, 0.15) is 32.6 Å². The summed E-state index contributed by atoms with van der Waals surface area (Å²) in [5.41, 5.74) is 0.381. The Labute approximate surface area is 164 Å². The minimum Gasteiger partial charge on any atom is -0.473 e. The number of alkyl halides is 2. The molecule has 29 heavy (non-hydrogen) atoms. The van der Waals surface area contributed by atoms with Crippen LogP contribution in [0.25, 0.3) is 0 Å². The van der Waals surface area contributed by atoms with E-state index < -0.39 is 35.9 Å². The summed E-state index contributed by atoms with van der Waals surface area (Å²) in [7, 11) is 0. The lowest BCUT2D eigenvalue weighted by Crippen LogP contribution is -2.62. The third kappa shape index (κ3) is 5.96. The van der Waals surface area contributed by atoms with Gasteiger partial charge in [-0.2, -0.15) is 8.78 Å². The molecule has 3 N–H and O–H groups in total. The predicted octanol–water partition coefficient (Wildman–Crippen LogP) is 2.83. The fraction of sp³-hybridized carbons (Fsp3) is 0.556. The van der Waals surface area contributed by atoms with E-state index in [1.165, 1.54) is 0 Å². The second-order valence-electron chi connectivity index (χ2n) is 6.91. The van der Waals surface area contributed by atoms with E-state index >= 15 is 0 Å². The SMILES string of the molecule is C[C@@H]1CN(c2cc(F)c(OC(F)F)c(F)c2)[C@H]2CCCC[C@@H]2N1.O=C(O)C(=O)O. The second kappa shape index (κ2) is 9.77. The predicted molar refractivity (Wildman–Crippen MR) is 94.2 cm³/mol. The molecule has 0 aromatic heterocycles. The first-order valence-corrected chi connectivity index (χ1v) is 9.03. The van der Waals surface area contributed by atoms with Crippen LogP contribution in [0, 0.1) is 11.6 Å². The van der Waals surface area contributed by atoms with Crippen LogP contribution in [0.2, 0.25) is 0 Å². The van der Waals surface area contributed by atoms with E-state index in [-0.39, 0.29) is 18.1 Å². The Bertz CT molecular complexity index is 714. The normalized spacial score (nSPS) is 23.7. The summed E-state index contributed by atoms with van der Waals surface area (Å²) in [5.74, 6) is -6.87. The van der Waals surface area contributed by atoms with Crippen molar-refractivity contribution in [3.63, 3.8) is 0 Å². The summed E-state index contributed by atoms with van der Waals surface area (Å²) < 4.78 is 56.4. The minimum absolute atomic E-state index is 0.167. The van der Waals surface area contributed by atoms with Crippen molar-refractivity contribution in [2.24, 2.45) is 0 Å². The monoisotopic (exact) mass is 422 g/mol. The first-order chi connectivity index (χ1) is 13.6. The van der Waals surface area contributed by atoms with Crippen LogP contribution in [0.3, 0.4) is 0 Å². The number of piperazine rings is 1. The summed E-state index contributed by atoms with van der Waals surface area (Å²) in [6, 6.07) is 2.82. The number of carboxylic acid groups (broad SMARTS) is 2. The van der Waals surface area contributed by atoms with Crippen LogP contribution in [0.15, 0.2) is 12.1 Å². The van der Waals surface area contributed by atoms with Gasteiger partial charge in [0.2, 0.25) is 0 Å². The number of nitrogens with one attached hydrogen (secondary N) is 1. The average Bonchev–Trinajstić information content (AvgIpc) is 2.64. The molecule has 7 nitrogen and oxygen atoms in total. The lowest BCUT2D eigenvalue weighted by molar-refractivity contribution is -0.159.